The van der Waals surface area contributed by atoms with Crippen LogP contribution in [-0.4, -0.2) is 11.4 Å². The first kappa shape index (κ1) is 8.59. The maximum absolute atomic E-state index is 10.4. The number of aldehydes is 1. The average Bonchev–Trinajstić information content (AvgIpc) is 2.08. The molecule has 0 spiro atoms. The third kappa shape index (κ3) is 1.56. The van der Waals surface area contributed by atoms with E-state index in [1.54, 1.807) is 19.1 Å². The zero-order valence-corrected chi connectivity index (χ0v) is 6.82. The van der Waals surface area contributed by atoms with Gasteiger partial charge in [-0.1, -0.05) is 13.0 Å². The number of nitrogens with two attached hydrogens (primary N) is 1. The Morgan fingerprint density at radius 3 is 2.75 bits per heavy atom. The van der Waals surface area contributed by atoms with Crippen molar-refractivity contribution in [2.24, 2.45) is 0 Å². The van der Waals surface area contributed by atoms with Gasteiger partial charge in [-0.25, -0.2) is 0 Å². The smallest absolute Gasteiger partial charge is 0.138 e. The lowest BCUT2D eigenvalue weighted by molar-refractivity contribution is -0.108. The van der Waals surface area contributed by atoms with Crippen LogP contribution in [0.4, 0.5) is 5.69 Å². The van der Waals surface area contributed by atoms with Crippen molar-refractivity contribution < 1.29 is 9.90 Å². The van der Waals surface area contributed by atoms with Crippen molar-refractivity contribution in [3.63, 3.8) is 0 Å². The molecule has 0 fully saturated rings. The summed E-state index contributed by atoms with van der Waals surface area (Å²) in [6.45, 7) is 1.78. The molecule has 12 heavy (non-hydrogen) atoms. The zero-order valence-electron chi connectivity index (χ0n) is 6.82. The fourth-order valence-electron chi connectivity index (χ4n) is 0.935. The number of hydrogen-bond donors (Lipinski definition) is 2. The van der Waals surface area contributed by atoms with Gasteiger partial charge in [0, 0.05) is 5.92 Å². The molecule has 1 aromatic rings. The lowest BCUT2D eigenvalue weighted by Crippen LogP contribution is -1.95. The predicted octanol–water partition coefficient (Wildman–Crippen LogP) is 1.28. The van der Waals surface area contributed by atoms with Crippen LogP contribution < -0.4 is 5.73 Å². The molecule has 3 heteroatoms. The molecule has 0 aliphatic rings. The summed E-state index contributed by atoms with van der Waals surface area (Å²) in [5.74, 6) is -0.121. The van der Waals surface area contributed by atoms with Gasteiger partial charge in [-0.3, -0.25) is 0 Å². The van der Waals surface area contributed by atoms with E-state index in [0.29, 0.717) is 5.69 Å². The number of rotatable bonds is 2. The summed E-state index contributed by atoms with van der Waals surface area (Å²) in [6.07, 6.45) is 0.839. The van der Waals surface area contributed by atoms with Crippen LogP contribution in [0.25, 0.3) is 0 Å². The van der Waals surface area contributed by atoms with E-state index < -0.39 is 0 Å². The number of hydrogen-bond acceptors (Lipinski definition) is 3. The molecule has 1 rings (SSSR count). The fourth-order valence-corrected chi connectivity index (χ4v) is 0.935. The third-order valence-electron chi connectivity index (χ3n) is 1.78. The first-order chi connectivity index (χ1) is 5.65. The molecule has 0 heterocycles. The second-order valence-corrected chi connectivity index (χ2v) is 2.74. The van der Waals surface area contributed by atoms with Crippen LogP contribution in [0.1, 0.15) is 18.4 Å². The molecule has 0 radical (unpaired) electrons. The van der Waals surface area contributed by atoms with Crippen LogP contribution in [0.2, 0.25) is 0 Å². The number of carbonyl (C=O) groups is 1. The minimum absolute atomic E-state index is 0.0526. The quantitative estimate of drug-likeness (QED) is 0.394. The SMILES string of the molecule is CC(C=O)c1ccc(O)c(N)c1. The largest absolute Gasteiger partial charge is 0.506 e. The monoisotopic (exact) mass is 165 g/mol. The molecule has 1 unspecified atom stereocenters. The summed E-state index contributed by atoms with van der Waals surface area (Å²) in [4.78, 5) is 10.4. The number of phenolic OH excluding ortho intramolecular Hbond substituents is 1. The van der Waals surface area contributed by atoms with Gasteiger partial charge in [-0.2, -0.15) is 0 Å². The Morgan fingerprint density at radius 2 is 2.25 bits per heavy atom. The molecular formula is C9H11NO2. The van der Waals surface area contributed by atoms with Crippen molar-refractivity contribution in [1.82, 2.24) is 0 Å². The van der Waals surface area contributed by atoms with E-state index in [4.69, 9.17) is 10.8 Å². The lowest BCUT2D eigenvalue weighted by atomic mass is 10.0. The Kier molecular flexibility index (Phi) is 2.33. The molecule has 1 aromatic carbocycles. The second kappa shape index (κ2) is 3.26. The Bertz CT molecular complexity index is 297. The molecule has 0 aliphatic carbocycles. The molecule has 0 saturated heterocycles. The van der Waals surface area contributed by atoms with Gasteiger partial charge in [-0.05, 0) is 17.7 Å². The topological polar surface area (TPSA) is 63.3 Å². The van der Waals surface area contributed by atoms with Gasteiger partial charge in [-0.15, -0.1) is 0 Å². The maximum Gasteiger partial charge on any atom is 0.138 e. The molecule has 0 aromatic heterocycles. The predicted molar refractivity (Wildman–Crippen MR) is 47.0 cm³/mol. The Hall–Kier alpha value is -1.51. The van der Waals surface area contributed by atoms with Crippen LogP contribution in [0.5, 0.6) is 5.75 Å². The molecule has 0 amide bonds. The highest BCUT2D eigenvalue weighted by Gasteiger charge is 2.05. The third-order valence-corrected chi connectivity index (χ3v) is 1.78. The average molecular weight is 165 g/mol. The van der Waals surface area contributed by atoms with Crippen molar-refractivity contribution in [1.29, 1.82) is 0 Å². The second-order valence-electron chi connectivity index (χ2n) is 2.74. The van der Waals surface area contributed by atoms with Gasteiger partial charge in [0.2, 0.25) is 0 Å². The summed E-state index contributed by atoms with van der Waals surface area (Å²) in [6, 6.07) is 4.78. The van der Waals surface area contributed by atoms with E-state index >= 15 is 0 Å². The first-order valence-electron chi connectivity index (χ1n) is 3.69. The number of carbonyl (C=O) groups excluding carboxylic acids is 1. The zero-order chi connectivity index (χ0) is 9.14. The Morgan fingerprint density at radius 1 is 1.58 bits per heavy atom. The molecule has 0 bridgehead atoms. The van der Waals surface area contributed by atoms with Crippen LogP contribution in [0, 0.1) is 0 Å². The highest BCUT2D eigenvalue weighted by molar-refractivity contribution is 5.64. The summed E-state index contributed by atoms with van der Waals surface area (Å²) in [7, 11) is 0. The van der Waals surface area contributed by atoms with Crippen molar-refractivity contribution in [2.45, 2.75) is 12.8 Å². The molecule has 0 saturated carbocycles. The van der Waals surface area contributed by atoms with Crippen molar-refractivity contribution >= 4 is 12.0 Å². The van der Waals surface area contributed by atoms with E-state index in [9.17, 15) is 4.79 Å². The van der Waals surface area contributed by atoms with E-state index in [-0.39, 0.29) is 11.7 Å². The van der Waals surface area contributed by atoms with E-state index in [1.165, 1.54) is 6.07 Å². The molecule has 3 N–H and O–H groups in total. The molecule has 64 valence electrons. The number of aromatic hydroxyl groups is 1. The van der Waals surface area contributed by atoms with Gasteiger partial charge >= 0.3 is 0 Å². The fraction of sp³-hybridized carbons (Fsp3) is 0.222. The number of nitrogen functional groups attached to an aromatic ring is 1. The Labute approximate surface area is 70.8 Å². The Balaban J connectivity index is 3.04. The maximum atomic E-state index is 10.4. The van der Waals surface area contributed by atoms with E-state index in [2.05, 4.69) is 0 Å². The van der Waals surface area contributed by atoms with Gasteiger partial charge in [0.25, 0.3) is 0 Å². The first-order valence-corrected chi connectivity index (χ1v) is 3.69. The minimum atomic E-state index is -0.173. The summed E-state index contributed by atoms with van der Waals surface area (Å²) < 4.78 is 0. The van der Waals surface area contributed by atoms with Crippen LogP contribution in [-0.2, 0) is 4.79 Å². The van der Waals surface area contributed by atoms with Crippen molar-refractivity contribution in [3.05, 3.63) is 23.8 Å². The standard InChI is InChI=1S/C9H11NO2/c1-6(5-11)7-2-3-9(12)8(10)4-7/h2-6,12H,10H2,1H3. The van der Waals surface area contributed by atoms with Gasteiger partial charge in [0.1, 0.15) is 12.0 Å². The van der Waals surface area contributed by atoms with Gasteiger partial charge in [0.05, 0.1) is 5.69 Å². The van der Waals surface area contributed by atoms with Crippen molar-refractivity contribution in [2.75, 3.05) is 5.73 Å². The number of anilines is 1. The van der Waals surface area contributed by atoms with Gasteiger partial charge in [0.15, 0.2) is 0 Å². The van der Waals surface area contributed by atoms with Crippen LogP contribution >= 0.6 is 0 Å². The summed E-state index contributed by atoms with van der Waals surface area (Å²) in [5, 5.41) is 9.08. The lowest BCUT2D eigenvalue weighted by Gasteiger charge is -2.05. The minimum Gasteiger partial charge on any atom is -0.506 e. The van der Waals surface area contributed by atoms with E-state index in [0.717, 1.165) is 11.8 Å². The van der Waals surface area contributed by atoms with Crippen LogP contribution in [0.15, 0.2) is 18.2 Å². The van der Waals surface area contributed by atoms with Crippen molar-refractivity contribution in [3.8, 4) is 5.75 Å². The van der Waals surface area contributed by atoms with E-state index in [1.807, 2.05) is 0 Å². The number of benzene rings is 1. The molecule has 1 atom stereocenters. The normalized spacial score (nSPS) is 12.4. The van der Waals surface area contributed by atoms with Gasteiger partial charge < -0.3 is 15.6 Å². The number of phenols is 1. The molecule has 3 nitrogen and oxygen atoms in total. The molecular weight excluding hydrogens is 154 g/mol. The molecule has 0 aliphatic heterocycles. The highest BCUT2D eigenvalue weighted by Crippen LogP contribution is 2.23. The van der Waals surface area contributed by atoms with Crippen LogP contribution in [0.3, 0.4) is 0 Å². The summed E-state index contributed by atoms with van der Waals surface area (Å²) >= 11 is 0. The highest BCUT2D eigenvalue weighted by atomic mass is 16.3. The summed E-state index contributed by atoms with van der Waals surface area (Å²) in [5.41, 5.74) is 6.57.